The third-order valence-electron chi connectivity index (χ3n) is 4.40. The van der Waals surface area contributed by atoms with Gasteiger partial charge >= 0.3 is 0 Å². The van der Waals surface area contributed by atoms with Crippen LogP contribution in [0.15, 0.2) is 53.2 Å². The number of fused-ring (bicyclic) bond motifs is 1. The fourth-order valence-electron chi connectivity index (χ4n) is 3.11. The first-order chi connectivity index (χ1) is 14.8. The average Bonchev–Trinajstić information content (AvgIpc) is 2.74. The summed E-state index contributed by atoms with van der Waals surface area (Å²) in [5.41, 5.74) is 10.8. The van der Waals surface area contributed by atoms with Crippen molar-refractivity contribution in [3.05, 3.63) is 59.2 Å². The molecule has 1 amide bonds. The molecule has 5 nitrogen and oxygen atoms in total. The highest BCUT2D eigenvalue weighted by molar-refractivity contribution is 7.99. The van der Waals surface area contributed by atoms with E-state index in [-0.39, 0.29) is 11.9 Å². The number of hydrogen-bond acceptors (Lipinski definition) is 5. The first-order valence-electron chi connectivity index (χ1n) is 10.8. The summed E-state index contributed by atoms with van der Waals surface area (Å²) in [5.74, 6) is -0.333. The minimum absolute atomic E-state index is 0.145. The fourth-order valence-corrected chi connectivity index (χ4v) is 3.47. The van der Waals surface area contributed by atoms with Crippen LogP contribution in [0.1, 0.15) is 65.5 Å². The van der Waals surface area contributed by atoms with E-state index >= 15 is 0 Å². The average molecular weight is 445 g/mol. The third-order valence-corrected chi connectivity index (χ3v) is 4.84. The minimum atomic E-state index is -0.333. The lowest BCUT2D eigenvalue weighted by molar-refractivity contribution is -0.115. The second kappa shape index (κ2) is 16.3. The van der Waals surface area contributed by atoms with Crippen molar-refractivity contribution in [2.45, 2.75) is 66.8 Å². The van der Waals surface area contributed by atoms with E-state index in [1.807, 2.05) is 25.1 Å². The maximum atomic E-state index is 9.22. The molecule has 0 fully saturated rings. The first kappa shape index (κ1) is 28.5. The number of nitrogens with two attached hydrogens (primary N) is 1. The maximum absolute atomic E-state index is 9.22. The number of anilines is 1. The summed E-state index contributed by atoms with van der Waals surface area (Å²) >= 11 is 1.61. The van der Waals surface area contributed by atoms with Crippen molar-refractivity contribution in [1.82, 2.24) is 5.01 Å². The van der Waals surface area contributed by atoms with Gasteiger partial charge in [-0.2, -0.15) is 5.10 Å². The smallest absolute Gasteiger partial charge is 0.214 e. The topological polar surface area (TPSA) is 70.7 Å². The molecule has 1 atom stereocenters. The summed E-state index contributed by atoms with van der Waals surface area (Å²) in [6, 6.07) is 6.76. The molecule has 0 aliphatic heterocycles. The van der Waals surface area contributed by atoms with Crippen LogP contribution in [0.2, 0.25) is 0 Å². The van der Waals surface area contributed by atoms with E-state index in [1.165, 1.54) is 29.3 Å². The standard InChI is InChI=1S/C21H29N3S.C2H5NO.C2H6/c1-6-7-8-9-10-17(3)24(22-4)21-16(2)11-12-18-13-14-19(23-25-5)15-20(18)21;1-2(3)4;1-2/h7-10,13-15,17,23H,4,6,11-12H2,1-3,5H3;1H3,(H2,3,4);1-2H3/b8-7-,10-9-;;. The molecule has 1 aliphatic rings. The van der Waals surface area contributed by atoms with Gasteiger partial charge < -0.3 is 10.5 Å². The molecule has 0 saturated heterocycles. The number of rotatable bonds is 8. The third kappa shape index (κ3) is 9.92. The van der Waals surface area contributed by atoms with Crippen LogP contribution >= 0.6 is 11.9 Å². The van der Waals surface area contributed by atoms with E-state index in [9.17, 15) is 4.79 Å². The molecule has 0 heterocycles. The number of benzene rings is 1. The van der Waals surface area contributed by atoms with Gasteiger partial charge in [0.1, 0.15) is 0 Å². The minimum Gasteiger partial charge on any atom is -0.370 e. The molecule has 1 unspecified atom stereocenters. The summed E-state index contributed by atoms with van der Waals surface area (Å²) in [5, 5.41) is 6.41. The van der Waals surface area contributed by atoms with Crippen LogP contribution in [0, 0.1) is 0 Å². The van der Waals surface area contributed by atoms with Gasteiger partial charge in [0.15, 0.2) is 0 Å². The van der Waals surface area contributed by atoms with E-state index in [4.69, 9.17) is 0 Å². The Kier molecular flexibility index (Phi) is 15.0. The molecule has 0 bridgehead atoms. The molecular weight excluding hydrogens is 404 g/mol. The Morgan fingerprint density at radius 2 is 2.00 bits per heavy atom. The largest absolute Gasteiger partial charge is 0.370 e. The molecule has 1 aromatic carbocycles. The SMILES string of the molecule is C=NN(C1=C(C)CCc2ccc(NSC)cc21)C(C)/C=C\C=C/CC.CC.CC(N)=O. The highest BCUT2D eigenvalue weighted by Gasteiger charge is 2.24. The number of allylic oxidation sites excluding steroid dienone is 4. The van der Waals surface area contributed by atoms with Crippen molar-refractivity contribution in [1.29, 1.82) is 0 Å². The predicted molar refractivity (Wildman–Crippen MR) is 140 cm³/mol. The van der Waals surface area contributed by atoms with Gasteiger partial charge in [-0.25, -0.2) is 0 Å². The Hall–Kier alpha value is -2.47. The summed E-state index contributed by atoms with van der Waals surface area (Å²) < 4.78 is 3.33. The molecule has 1 aromatic rings. The zero-order valence-corrected chi connectivity index (χ0v) is 21.1. The number of hydrogen-bond donors (Lipinski definition) is 2. The summed E-state index contributed by atoms with van der Waals surface area (Å²) in [7, 11) is 0. The molecule has 0 aromatic heterocycles. The summed E-state index contributed by atoms with van der Waals surface area (Å²) in [6.45, 7) is 15.6. The number of carbonyl (C=O) groups is 1. The van der Waals surface area contributed by atoms with Gasteiger partial charge in [0.05, 0.1) is 11.7 Å². The van der Waals surface area contributed by atoms with Crippen molar-refractivity contribution in [3.63, 3.8) is 0 Å². The highest BCUT2D eigenvalue weighted by Crippen LogP contribution is 2.36. The molecule has 1 aliphatic carbocycles. The Morgan fingerprint density at radius 1 is 1.35 bits per heavy atom. The number of aryl methyl sites for hydroxylation is 1. The van der Waals surface area contributed by atoms with Gasteiger partial charge in [0, 0.05) is 31.1 Å². The number of nitrogens with zero attached hydrogens (tertiary/aromatic N) is 2. The van der Waals surface area contributed by atoms with Gasteiger partial charge in [-0.15, -0.1) is 0 Å². The van der Waals surface area contributed by atoms with Gasteiger partial charge in [-0.3, -0.25) is 9.80 Å². The van der Waals surface area contributed by atoms with Crippen LogP contribution in [0.3, 0.4) is 0 Å². The molecular formula is C25H40N4OS. The fraction of sp³-hybridized carbons (Fsp3) is 0.440. The molecule has 0 saturated carbocycles. The second-order valence-corrected chi connectivity index (χ2v) is 7.48. The van der Waals surface area contributed by atoms with E-state index in [1.54, 1.807) is 11.9 Å². The van der Waals surface area contributed by atoms with E-state index in [2.05, 4.69) is 85.5 Å². The lowest BCUT2D eigenvalue weighted by Gasteiger charge is -2.32. The number of primary amides is 1. The van der Waals surface area contributed by atoms with Crippen LogP contribution in [0.25, 0.3) is 5.70 Å². The van der Waals surface area contributed by atoms with Crippen molar-refractivity contribution in [2.75, 3.05) is 11.0 Å². The lowest BCUT2D eigenvalue weighted by Crippen LogP contribution is -2.27. The quantitative estimate of drug-likeness (QED) is 0.211. The number of nitrogens with one attached hydrogen (secondary N) is 1. The van der Waals surface area contributed by atoms with Crippen molar-refractivity contribution in [3.8, 4) is 0 Å². The van der Waals surface area contributed by atoms with Gasteiger partial charge in [-0.05, 0) is 56.4 Å². The van der Waals surface area contributed by atoms with E-state index in [0.29, 0.717) is 0 Å². The Balaban J connectivity index is 0.00000134. The van der Waals surface area contributed by atoms with Crippen LogP contribution in [-0.4, -0.2) is 29.9 Å². The van der Waals surface area contributed by atoms with Crippen LogP contribution in [0.4, 0.5) is 5.69 Å². The van der Waals surface area contributed by atoms with Gasteiger partial charge in [0.25, 0.3) is 0 Å². The molecule has 31 heavy (non-hydrogen) atoms. The van der Waals surface area contributed by atoms with Gasteiger partial charge in [-0.1, -0.05) is 63.1 Å². The molecule has 2 rings (SSSR count). The number of carbonyl (C=O) groups excluding carboxylic acids is 1. The monoisotopic (exact) mass is 444 g/mol. The maximum Gasteiger partial charge on any atom is 0.214 e. The van der Waals surface area contributed by atoms with Crippen molar-refractivity contribution in [2.24, 2.45) is 10.8 Å². The molecule has 172 valence electrons. The number of amides is 1. The second-order valence-electron chi connectivity index (χ2n) is 6.87. The highest BCUT2D eigenvalue weighted by atomic mass is 32.2. The van der Waals surface area contributed by atoms with Gasteiger partial charge in [0.2, 0.25) is 5.91 Å². The van der Waals surface area contributed by atoms with Crippen LogP contribution in [0.5, 0.6) is 0 Å². The first-order valence-corrected chi connectivity index (χ1v) is 12.0. The van der Waals surface area contributed by atoms with Crippen molar-refractivity contribution < 1.29 is 4.79 Å². The lowest BCUT2D eigenvalue weighted by atomic mass is 9.89. The molecule has 0 radical (unpaired) electrons. The number of hydrazone groups is 1. The Morgan fingerprint density at radius 3 is 2.55 bits per heavy atom. The van der Waals surface area contributed by atoms with Crippen LogP contribution < -0.4 is 10.5 Å². The summed E-state index contributed by atoms with van der Waals surface area (Å²) in [6.07, 6.45) is 13.7. The molecule has 3 N–H and O–H groups in total. The van der Waals surface area contributed by atoms with E-state index < -0.39 is 0 Å². The zero-order chi connectivity index (χ0) is 23.8. The molecule has 0 spiro atoms. The molecule has 6 heteroatoms. The van der Waals surface area contributed by atoms with Crippen LogP contribution in [-0.2, 0) is 11.2 Å². The summed E-state index contributed by atoms with van der Waals surface area (Å²) in [4.78, 5) is 9.22. The Bertz CT molecular complexity index is 780. The predicted octanol–water partition coefficient (Wildman–Crippen LogP) is 6.40. The zero-order valence-electron chi connectivity index (χ0n) is 20.2. The van der Waals surface area contributed by atoms with E-state index in [0.717, 1.165) is 24.9 Å². The van der Waals surface area contributed by atoms with Crippen molar-refractivity contribution >= 4 is 36.0 Å². The normalized spacial score (nSPS) is 13.5. The Labute approximate surface area is 193 Å².